The summed E-state index contributed by atoms with van der Waals surface area (Å²) in [6.07, 6.45) is 2.84. The number of benzene rings is 2. The molecule has 0 saturated heterocycles. The van der Waals surface area contributed by atoms with E-state index in [0.717, 1.165) is 5.56 Å². The summed E-state index contributed by atoms with van der Waals surface area (Å²) >= 11 is 18.2. The fourth-order valence-electron chi connectivity index (χ4n) is 3.35. The predicted octanol–water partition coefficient (Wildman–Crippen LogP) is 4.32. The van der Waals surface area contributed by atoms with Gasteiger partial charge in [-0.3, -0.25) is 0 Å². The molecule has 0 amide bonds. The average molecular weight is 535 g/mol. The highest BCUT2D eigenvalue weighted by Crippen LogP contribution is 2.28. The summed E-state index contributed by atoms with van der Waals surface area (Å²) < 4.78 is 29.1. The molecule has 0 fully saturated rings. The molecule has 2 N–H and O–H groups in total. The van der Waals surface area contributed by atoms with Crippen molar-refractivity contribution in [2.75, 3.05) is 18.4 Å². The van der Waals surface area contributed by atoms with Crippen molar-refractivity contribution in [1.29, 1.82) is 0 Å². The molecule has 0 aliphatic carbocycles. The second-order valence-electron chi connectivity index (χ2n) is 7.48. The molecule has 0 atom stereocenters. The smallest absolute Gasteiger partial charge is 0.240 e. The molecular formula is C22H19BCl3N5O2S. The van der Waals surface area contributed by atoms with E-state index in [1.165, 1.54) is 18.2 Å². The number of hydrogen-bond acceptors (Lipinski definition) is 5. The maximum absolute atomic E-state index is 12.5. The number of halogens is 3. The molecular weight excluding hydrogens is 516 g/mol. The number of aromatic nitrogens is 3. The first-order valence-electron chi connectivity index (χ1n) is 10.3. The van der Waals surface area contributed by atoms with Gasteiger partial charge in [0, 0.05) is 46.0 Å². The summed E-state index contributed by atoms with van der Waals surface area (Å²) in [5.41, 5.74) is 2.42. The fourth-order valence-corrected chi connectivity index (χ4v) is 5.38. The summed E-state index contributed by atoms with van der Waals surface area (Å²) in [5.74, 6) is 0.700. The Balaban J connectivity index is 1.39. The lowest BCUT2D eigenvalue weighted by Crippen LogP contribution is -2.25. The number of nitrogens with zero attached hydrogens (tertiary/aromatic N) is 3. The molecule has 0 saturated carbocycles. The summed E-state index contributed by atoms with van der Waals surface area (Å²) in [4.78, 5) is 4.64. The van der Waals surface area contributed by atoms with E-state index in [1.807, 2.05) is 24.3 Å². The normalized spacial score (nSPS) is 11.7. The number of sulfonamides is 1. The van der Waals surface area contributed by atoms with Crippen molar-refractivity contribution in [3.05, 3.63) is 69.8 Å². The molecule has 0 aliphatic rings. The number of unbranched alkanes of at least 4 members (excludes halogenated alkanes) is 1. The van der Waals surface area contributed by atoms with E-state index >= 15 is 0 Å². The second-order valence-corrected chi connectivity index (χ2v) is 10.5. The van der Waals surface area contributed by atoms with Gasteiger partial charge >= 0.3 is 0 Å². The number of fused-ring (bicyclic) bond motifs is 1. The molecule has 2 heterocycles. The highest BCUT2D eigenvalue weighted by atomic mass is 35.5. The van der Waals surface area contributed by atoms with Crippen LogP contribution in [-0.2, 0) is 10.0 Å². The van der Waals surface area contributed by atoms with Crippen molar-refractivity contribution >= 4 is 69.6 Å². The van der Waals surface area contributed by atoms with Crippen molar-refractivity contribution in [3.63, 3.8) is 0 Å². The summed E-state index contributed by atoms with van der Waals surface area (Å²) in [6, 6.07) is 13.5. The van der Waals surface area contributed by atoms with Gasteiger partial charge in [-0.25, -0.2) is 18.1 Å². The molecule has 0 spiro atoms. The highest BCUT2D eigenvalue weighted by molar-refractivity contribution is 7.89. The van der Waals surface area contributed by atoms with E-state index < -0.39 is 10.0 Å². The van der Waals surface area contributed by atoms with Crippen LogP contribution in [0.3, 0.4) is 0 Å². The van der Waals surface area contributed by atoms with Gasteiger partial charge in [0.1, 0.15) is 13.7 Å². The largest absolute Gasteiger partial charge is 0.370 e. The molecule has 4 aromatic rings. The van der Waals surface area contributed by atoms with Crippen LogP contribution in [0, 0.1) is 0 Å². The van der Waals surface area contributed by atoms with Crippen LogP contribution in [0.25, 0.3) is 16.9 Å². The molecule has 0 aliphatic heterocycles. The summed E-state index contributed by atoms with van der Waals surface area (Å²) in [5, 5.41) is 8.72. The van der Waals surface area contributed by atoms with Crippen molar-refractivity contribution in [2.45, 2.75) is 17.7 Å². The van der Waals surface area contributed by atoms with E-state index in [0.29, 0.717) is 47.0 Å². The Morgan fingerprint density at radius 2 is 1.68 bits per heavy atom. The van der Waals surface area contributed by atoms with Gasteiger partial charge in [0.25, 0.3) is 0 Å². The van der Waals surface area contributed by atoms with Crippen LogP contribution in [0.15, 0.2) is 59.6 Å². The van der Waals surface area contributed by atoms with Crippen LogP contribution < -0.4 is 15.5 Å². The standard InChI is InChI=1S/C22H19BCl3N5O2S/c23-18-13-28-31-21(12-20(30-22(18)31)17-5-1-2-6-19(17)26)27-7-3-4-8-29-34(32,33)16-10-14(24)9-15(25)11-16/h1-2,5-6,9-13,27,29H,3-4,7-8H2. The first kappa shape index (κ1) is 24.8. The molecule has 2 radical (unpaired) electrons. The molecule has 12 heteroatoms. The maximum Gasteiger partial charge on any atom is 0.240 e. The van der Waals surface area contributed by atoms with E-state index in [-0.39, 0.29) is 21.5 Å². The third-order valence-electron chi connectivity index (χ3n) is 5.00. The lowest BCUT2D eigenvalue weighted by Gasteiger charge is -2.12. The first-order valence-corrected chi connectivity index (χ1v) is 12.9. The van der Waals surface area contributed by atoms with E-state index in [2.05, 4.69) is 20.1 Å². The molecule has 0 bridgehead atoms. The van der Waals surface area contributed by atoms with E-state index in [1.54, 1.807) is 16.8 Å². The van der Waals surface area contributed by atoms with Gasteiger partial charge in [-0.15, -0.1) is 0 Å². The van der Waals surface area contributed by atoms with Gasteiger partial charge < -0.3 is 5.32 Å². The SMILES string of the molecule is [B]c1cnn2c(NCCCCNS(=O)(=O)c3cc(Cl)cc(Cl)c3)cc(-c3ccccc3Cl)nc12. The zero-order chi connectivity index (χ0) is 24.3. The van der Waals surface area contributed by atoms with Gasteiger partial charge in [-0.05, 0) is 42.6 Å². The third-order valence-corrected chi connectivity index (χ3v) is 7.20. The van der Waals surface area contributed by atoms with Crippen molar-refractivity contribution < 1.29 is 8.42 Å². The first-order chi connectivity index (χ1) is 16.2. The average Bonchev–Trinajstić information content (AvgIpc) is 3.16. The Morgan fingerprint density at radius 3 is 2.41 bits per heavy atom. The van der Waals surface area contributed by atoms with Gasteiger partial charge in [0.05, 0.1) is 10.6 Å². The van der Waals surface area contributed by atoms with Gasteiger partial charge in [-0.2, -0.15) is 9.61 Å². The minimum Gasteiger partial charge on any atom is -0.370 e. The Labute approximate surface area is 213 Å². The third kappa shape index (κ3) is 5.67. The van der Waals surface area contributed by atoms with Crippen molar-refractivity contribution in [3.8, 4) is 11.3 Å². The molecule has 4 rings (SSSR count). The van der Waals surface area contributed by atoms with Crippen LogP contribution >= 0.6 is 34.8 Å². The lowest BCUT2D eigenvalue weighted by molar-refractivity contribution is 0.577. The Hall–Kier alpha value is -2.30. The number of rotatable bonds is 9. The molecule has 7 nitrogen and oxygen atoms in total. The number of anilines is 1. The zero-order valence-corrected chi connectivity index (χ0v) is 20.9. The maximum atomic E-state index is 12.5. The van der Waals surface area contributed by atoms with Crippen molar-refractivity contribution in [1.82, 2.24) is 19.3 Å². The van der Waals surface area contributed by atoms with Crippen LogP contribution in [0.4, 0.5) is 5.82 Å². The van der Waals surface area contributed by atoms with Crippen LogP contribution in [0.2, 0.25) is 15.1 Å². The quantitative estimate of drug-likeness (QED) is 0.247. The van der Waals surface area contributed by atoms with Gasteiger partial charge in [0.15, 0.2) is 5.65 Å². The summed E-state index contributed by atoms with van der Waals surface area (Å²) in [7, 11) is 2.34. The minimum atomic E-state index is -3.70. The Morgan fingerprint density at radius 1 is 0.971 bits per heavy atom. The molecule has 2 aromatic heterocycles. The number of hydrogen-bond donors (Lipinski definition) is 2. The Bertz CT molecular complexity index is 1430. The van der Waals surface area contributed by atoms with Crippen LogP contribution in [-0.4, -0.2) is 44.0 Å². The monoisotopic (exact) mass is 533 g/mol. The Kier molecular flexibility index (Phi) is 7.69. The van der Waals surface area contributed by atoms with Crippen molar-refractivity contribution in [2.24, 2.45) is 0 Å². The topological polar surface area (TPSA) is 88.4 Å². The molecule has 174 valence electrons. The fraction of sp³-hybridized carbons (Fsp3) is 0.182. The van der Waals surface area contributed by atoms with Gasteiger partial charge in [-0.1, -0.05) is 53.0 Å². The minimum absolute atomic E-state index is 0.0330. The van der Waals surface area contributed by atoms with E-state index in [9.17, 15) is 8.42 Å². The van der Waals surface area contributed by atoms with Gasteiger partial charge in [0.2, 0.25) is 10.0 Å². The predicted molar refractivity (Wildman–Crippen MR) is 138 cm³/mol. The second kappa shape index (κ2) is 10.5. The molecule has 0 unspecified atom stereocenters. The molecule has 2 aromatic carbocycles. The highest BCUT2D eigenvalue weighted by Gasteiger charge is 2.15. The van der Waals surface area contributed by atoms with E-state index in [4.69, 9.17) is 42.6 Å². The summed E-state index contributed by atoms with van der Waals surface area (Å²) in [6.45, 7) is 0.838. The zero-order valence-electron chi connectivity index (χ0n) is 17.8. The molecule has 34 heavy (non-hydrogen) atoms. The lowest BCUT2D eigenvalue weighted by atomic mass is 10.0. The van der Waals surface area contributed by atoms with Crippen LogP contribution in [0.1, 0.15) is 12.8 Å². The number of nitrogens with one attached hydrogen (secondary N) is 2. The van der Waals surface area contributed by atoms with Crippen LogP contribution in [0.5, 0.6) is 0 Å².